The molecule has 288 valence electrons. The summed E-state index contributed by atoms with van der Waals surface area (Å²) in [6.07, 6.45) is 39.1. The molecule has 0 aliphatic rings. The van der Waals surface area contributed by atoms with Gasteiger partial charge in [-0.2, -0.15) is 0 Å². The molecule has 2 nitrogen and oxygen atoms in total. The Morgan fingerprint density at radius 3 is 0.522 bits per heavy atom. The zero-order valence-corrected chi connectivity index (χ0v) is 35.6. The molecule has 2 heteroatoms. The average Bonchev–Trinajstić information content (AvgIpc) is 3.07. The summed E-state index contributed by atoms with van der Waals surface area (Å²) in [5.41, 5.74) is 0. The van der Waals surface area contributed by atoms with Crippen LogP contribution in [0, 0.1) is 0 Å². The van der Waals surface area contributed by atoms with Crippen molar-refractivity contribution in [3.63, 3.8) is 0 Å². The molecule has 46 heavy (non-hydrogen) atoms. The van der Waals surface area contributed by atoms with Gasteiger partial charge in [-0.25, -0.2) is 0 Å². The number of hydrogen-bond donors (Lipinski definition) is 1. The third-order valence-corrected chi connectivity index (χ3v) is 7.24. The third-order valence-electron chi connectivity index (χ3n) is 7.24. The second-order valence-electron chi connectivity index (χ2n) is 12.8. The number of unbranched alkanes of at least 4 members (excludes halogenated alkanes) is 22. The predicted octanol–water partition coefficient (Wildman–Crippen LogP) is 18.0. The molecule has 0 atom stereocenters. The van der Waals surface area contributed by atoms with Crippen molar-refractivity contribution in [3.8, 4) is 0 Å². The van der Waals surface area contributed by atoms with E-state index in [0.29, 0.717) is 6.42 Å². The third kappa shape index (κ3) is 131. The largest absolute Gasteiger partial charge is 0.481 e. The van der Waals surface area contributed by atoms with E-state index in [0.717, 1.165) is 12.8 Å². The standard InChI is InChI=1S/C8H16O2.6C6H14/c1-2-3-4-5-6-7-8(9)10;6*1-3-5-6-4-2/h2-7H2,1H3,(H,9,10);6*3-6H2,1-2H3. The van der Waals surface area contributed by atoms with Gasteiger partial charge in [0.15, 0.2) is 0 Å². The molecule has 0 bridgehead atoms. The van der Waals surface area contributed by atoms with Crippen molar-refractivity contribution in [2.24, 2.45) is 0 Å². The molecular formula is C44H100O2. The Bertz CT molecular complexity index is 294. The summed E-state index contributed by atoms with van der Waals surface area (Å²) >= 11 is 0. The van der Waals surface area contributed by atoms with Crippen molar-refractivity contribution < 1.29 is 9.90 Å². The van der Waals surface area contributed by atoms with Gasteiger partial charge in [0, 0.05) is 6.42 Å². The van der Waals surface area contributed by atoms with E-state index in [-0.39, 0.29) is 0 Å². The van der Waals surface area contributed by atoms with Gasteiger partial charge in [-0.15, -0.1) is 0 Å². The van der Waals surface area contributed by atoms with Gasteiger partial charge in [0.1, 0.15) is 0 Å². The van der Waals surface area contributed by atoms with Crippen LogP contribution in [0.1, 0.15) is 283 Å². The Labute approximate surface area is 297 Å². The molecule has 0 spiro atoms. The van der Waals surface area contributed by atoms with Gasteiger partial charge >= 0.3 is 5.97 Å². The molecule has 0 rings (SSSR count). The molecule has 0 aromatic heterocycles. The van der Waals surface area contributed by atoms with Gasteiger partial charge in [0.25, 0.3) is 0 Å². The Kier molecular flexibility index (Phi) is 105. The summed E-state index contributed by atoms with van der Waals surface area (Å²) in [5, 5.41) is 8.27. The molecule has 1 N–H and O–H groups in total. The zero-order valence-electron chi connectivity index (χ0n) is 35.6. The van der Waals surface area contributed by atoms with Crippen LogP contribution >= 0.6 is 0 Å². The van der Waals surface area contributed by atoms with Crippen LogP contribution in [0.3, 0.4) is 0 Å². The second-order valence-corrected chi connectivity index (χ2v) is 12.8. The molecule has 0 saturated heterocycles. The van der Waals surface area contributed by atoms with E-state index >= 15 is 0 Å². The SMILES string of the molecule is CCCCCC.CCCCCC.CCCCCC.CCCCCC.CCCCCC.CCCCCC.CCCCCCCC(=O)O. The van der Waals surface area contributed by atoms with Crippen molar-refractivity contribution >= 4 is 5.97 Å². The van der Waals surface area contributed by atoms with E-state index in [4.69, 9.17) is 5.11 Å². The summed E-state index contributed by atoms with van der Waals surface area (Å²) in [4.78, 5) is 10.0. The Hall–Kier alpha value is -0.530. The number of hydrogen-bond acceptors (Lipinski definition) is 1. The second kappa shape index (κ2) is 79.7. The van der Waals surface area contributed by atoms with E-state index in [2.05, 4.69) is 90.0 Å². The fourth-order valence-corrected chi connectivity index (χ4v) is 3.88. The molecule has 0 radical (unpaired) electrons. The van der Waals surface area contributed by atoms with Crippen molar-refractivity contribution in [2.75, 3.05) is 0 Å². The quantitative estimate of drug-likeness (QED) is 0.105. The topological polar surface area (TPSA) is 37.3 Å². The molecule has 0 aromatic carbocycles. The lowest BCUT2D eigenvalue weighted by atomic mass is 10.1. The van der Waals surface area contributed by atoms with Crippen molar-refractivity contribution in [1.29, 1.82) is 0 Å². The fourth-order valence-electron chi connectivity index (χ4n) is 3.88. The van der Waals surface area contributed by atoms with Gasteiger partial charge in [-0.3, -0.25) is 4.79 Å². The number of carboxylic acid groups (broad SMARTS) is 1. The van der Waals surface area contributed by atoms with Gasteiger partial charge in [-0.05, 0) is 6.42 Å². The highest BCUT2D eigenvalue weighted by Gasteiger charge is 1.94. The van der Waals surface area contributed by atoms with Gasteiger partial charge in [0.05, 0.1) is 0 Å². The van der Waals surface area contributed by atoms with E-state index in [1.54, 1.807) is 0 Å². The van der Waals surface area contributed by atoms with Crippen molar-refractivity contribution in [3.05, 3.63) is 0 Å². The maximum atomic E-state index is 10.0. The van der Waals surface area contributed by atoms with Gasteiger partial charge in [0.2, 0.25) is 0 Å². The minimum absolute atomic E-state index is 0.337. The van der Waals surface area contributed by atoms with Crippen LogP contribution in [0.2, 0.25) is 0 Å². The van der Waals surface area contributed by atoms with E-state index in [1.165, 1.54) is 173 Å². The fraction of sp³-hybridized carbons (Fsp3) is 0.977. The molecule has 0 aliphatic carbocycles. The lowest BCUT2D eigenvalue weighted by Crippen LogP contribution is -1.93. The Morgan fingerprint density at radius 1 is 0.261 bits per heavy atom. The summed E-state index contributed by atoms with van der Waals surface area (Å²) in [6.45, 7) is 28.9. The molecule has 0 amide bonds. The summed E-state index contributed by atoms with van der Waals surface area (Å²) in [6, 6.07) is 0. The first-order valence-corrected chi connectivity index (χ1v) is 21.5. The van der Waals surface area contributed by atoms with Crippen LogP contribution in [-0.2, 0) is 4.79 Å². The molecule has 0 heterocycles. The lowest BCUT2D eigenvalue weighted by molar-refractivity contribution is -0.137. The number of aliphatic carboxylic acids is 1. The molecule has 0 fully saturated rings. The summed E-state index contributed by atoms with van der Waals surface area (Å²) in [5.74, 6) is -0.670. The zero-order chi connectivity index (χ0) is 36.8. The van der Waals surface area contributed by atoms with Crippen LogP contribution in [0.15, 0.2) is 0 Å². The monoisotopic (exact) mass is 661 g/mol. The van der Waals surface area contributed by atoms with Crippen molar-refractivity contribution in [2.45, 2.75) is 283 Å². The maximum Gasteiger partial charge on any atom is 0.303 e. The van der Waals surface area contributed by atoms with Crippen LogP contribution in [-0.4, -0.2) is 11.1 Å². The molecule has 0 unspecified atom stereocenters. The predicted molar refractivity (Wildman–Crippen MR) is 220 cm³/mol. The van der Waals surface area contributed by atoms with E-state index < -0.39 is 5.97 Å². The highest BCUT2D eigenvalue weighted by Crippen LogP contribution is 2.04. The average molecular weight is 661 g/mol. The smallest absolute Gasteiger partial charge is 0.303 e. The summed E-state index contributed by atoms with van der Waals surface area (Å²) in [7, 11) is 0. The van der Waals surface area contributed by atoms with Crippen LogP contribution in [0.5, 0.6) is 0 Å². The van der Waals surface area contributed by atoms with Crippen LogP contribution in [0.25, 0.3) is 0 Å². The Morgan fingerprint density at radius 2 is 0.391 bits per heavy atom. The van der Waals surface area contributed by atoms with E-state index in [9.17, 15) is 4.79 Å². The first kappa shape index (κ1) is 60.8. The number of carboxylic acids is 1. The molecule has 0 saturated carbocycles. The number of rotatable bonds is 24. The van der Waals surface area contributed by atoms with Gasteiger partial charge < -0.3 is 5.11 Å². The lowest BCUT2D eigenvalue weighted by Gasteiger charge is -1.95. The van der Waals surface area contributed by atoms with Gasteiger partial charge in [-0.1, -0.05) is 270 Å². The normalized spacial score (nSPS) is 9.15. The molecule has 0 aliphatic heterocycles. The molecular weight excluding hydrogens is 560 g/mol. The highest BCUT2D eigenvalue weighted by atomic mass is 16.4. The van der Waals surface area contributed by atoms with E-state index in [1.807, 2.05) is 0 Å². The van der Waals surface area contributed by atoms with Crippen LogP contribution in [0.4, 0.5) is 0 Å². The minimum Gasteiger partial charge on any atom is -0.481 e. The summed E-state index contributed by atoms with van der Waals surface area (Å²) < 4.78 is 0. The molecule has 0 aromatic rings. The number of carbonyl (C=O) groups is 1. The first-order valence-electron chi connectivity index (χ1n) is 21.5. The maximum absolute atomic E-state index is 10.0. The highest BCUT2D eigenvalue weighted by molar-refractivity contribution is 5.66. The van der Waals surface area contributed by atoms with Crippen molar-refractivity contribution in [1.82, 2.24) is 0 Å². The Balaban J connectivity index is -0.0000000780. The van der Waals surface area contributed by atoms with Crippen LogP contribution < -0.4 is 0 Å². The first-order chi connectivity index (χ1) is 22.3. The minimum atomic E-state index is -0.670.